The molecule has 3 N–H and O–H groups in total. The third-order valence-electron chi connectivity index (χ3n) is 8.46. The van der Waals surface area contributed by atoms with Gasteiger partial charge in [0.25, 0.3) is 5.91 Å². The monoisotopic (exact) mass is 860 g/mol. The summed E-state index contributed by atoms with van der Waals surface area (Å²) in [5, 5.41) is 16.6. The molecule has 13 heteroatoms. The Kier molecular flexibility index (Phi) is 27.0. The van der Waals surface area contributed by atoms with E-state index >= 15 is 0 Å². The summed E-state index contributed by atoms with van der Waals surface area (Å²) in [6, 6.07) is 18.0. The van der Waals surface area contributed by atoms with Crippen LogP contribution in [0.5, 0.6) is 0 Å². The molecule has 0 bridgehead atoms. The number of unbranched alkanes of at least 4 members (excludes halogenated alkanes) is 3. The number of nitrogens with zero attached hydrogens (tertiary/aromatic N) is 2. The number of carbonyl (C=O) groups is 2. The van der Waals surface area contributed by atoms with Crippen LogP contribution in [0.2, 0.25) is 0 Å². The van der Waals surface area contributed by atoms with E-state index in [9.17, 15) is 9.59 Å². The minimum Gasteiger partial charge on any atom is -0.456 e. The van der Waals surface area contributed by atoms with Crippen molar-refractivity contribution in [3.63, 3.8) is 0 Å². The van der Waals surface area contributed by atoms with E-state index in [0.29, 0.717) is 31.7 Å². The first-order valence-corrected chi connectivity index (χ1v) is 21.0. The number of nitrogens with one attached hydrogen (secondary N) is 3. The van der Waals surface area contributed by atoms with Crippen LogP contribution in [0.4, 0.5) is 10.5 Å². The Balaban J connectivity index is 0.00000226. The Morgan fingerprint density at radius 3 is 2.29 bits per heavy atom. The molecule has 1 heterocycles. The molecular formula is C45H65N5NiO6P+. The zero-order valence-electron chi connectivity index (χ0n) is 35.6. The summed E-state index contributed by atoms with van der Waals surface area (Å²) in [6.07, 6.45) is 5.53. The van der Waals surface area contributed by atoms with Crippen LogP contribution >= 0.6 is 9.03 Å². The minimum absolute atomic E-state index is 0. The number of fused-ring (bicyclic) bond motifs is 2. The van der Waals surface area contributed by atoms with Crippen LogP contribution in [0.3, 0.4) is 0 Å². The number of alkyl carbamates (subject to hydrolysis) is 1. The molecule has 4 rings (SSSR count). The van der Waals surface area contributed by atoms with Crippen LogP contribution < -0.4 is 21.0 Å². The Bertz CT molecular complexity index is 1890. The molecule has 0 aromatic heterocycles. The summed E-state index contributed by atoms with van der Waals surface area (Å²) in [6.45, 7) is 22.7. The molecule has 2 aromatic carbocycles. The third-order valence-corrected chi connectivity index (χ3v) is 9.10. The molecule has 1 aliphatic carbocycles. The second-order valence-corrected chi connectivity index (χ2v) is 14.0. The molecule has 2 amide bonds. The van der Waals surface area contributed by atoms with Crippen molar-refractivity contribution < 1.29 is 49.3 Å². The van der Waals surface area contributed by atoms with E-state index in [4.69, 9.17) is 23.5 Å². The van der Waals surface area contributed by atoms with Gasteiger partial charge in [-0.25, -0.2) is 9.79 Å². The van der Waals surface area contributed by atoms with Crippen molar-refractivity contribution in [2.24, 2.45) is 0 Å². The van der Waals surface area contributed by atoms with Gasteiger partial charge in [0, 0.05) is 59.5 Å². The fraction of sp³-hybridized carbons (Fsp3) is 0.467. The predicted octanol–water partition coefficient (Wildman–Crippen LogP) is 8.53. The van der Waals surface area contributed by atoms with Crippen LogP contribution in [-0.4, -0.2) is 69.9 Å². The van der Waals surface area contributed by atoms with Gasteiger partial charge in [-0.1, -0.05) is 44.9 Å². The Hall–Kier alpha value is -4.00. The number of anilines is 1. The van der Waals surface area contributed by atoms with Gasteiger partial charge in [0.05, 0.1) is 38.3 Å². The maximum absolute atomic E-state index is 14.0. The first kappa shape index (κ1) is 52.0. The molecule has 2 aromatic rings. The molecule has 2 aliphatic rings. The van der Waals surface area contributed by atoms with E-state index in [1.807, 2.05) is 56.3 Å². The molecule has 1 atom stereocenters. The number of hydrogen-bond acceptors (Lipinski definition) is 8. The molecule has 0 saturated carbocycles. The van der Waals surface area contributed by atoms with Crippen molar-refractivity contribution in [3.05, 3.63) is 84.4 Å². The van der Waals surface area contributed by atoms with Crippen LogP contribution in [0.15, 0.2) is 52.9 Å². The predicted molar refractivity (Wildman–Crippen MR) is 233 cm³/mol. The summed E-state index contributed by atoms with van der Waals surface area (Å²) < 4.78 is 22.5. The van der Waals surface area contributed by atoms with Crippen LogP contribution in [-0.2, 0) is 30.3 Å². The summed E-state index contributed by atoms with van der Waals surface area (Å²) in [4.78, 5) is 31.3. The number of hydrogen-bond donors (Lipinski definition) is 3. The molecule has 1 unspecified atom stereocenters. The molecule has 320 valence electrons. The van der Waals surface area contributed by atoms with Crippen molar-refractivity contribution in [2.75, 3.05) is 58.4 Å². The maximum Gasteiger partial charge on any atom is 2.00 e. The fourth-order valence-electron chi connectivity index (χ4n) is 5.84. The van der Waals surface area contributed by atoms with Crippen LogP contribution in [0.25, 0.3) is 33.4 Å². The number of rotatable bonds is 19. The molecule has 1 aliphatic heterocycles. The van der Waals surface area contributed by atoms with Gasteiger partial charge >= 0.3 is 22.6 Å². The summed E-state index contributed by atoms with van der Waals surface area (Å²) >= 11 is 0. The second-order valence-electron chi connectivity index (χ2n) is 13.3. The Morgan fingerprint density at radius 1 is 0.914 bits per heavy atom. The van der Waals surface area contributed by atoms with Gasteiger partial charge in [-0.2, -0.15) is 18.1 Å². The van der Waals surface area contributed by atoms with Gasteiger partial charge in [0.1, 0.15) is 24.5 Å². The van der Waals surface area contributed by atoms with E-state index < -0.39 is 6.09 Å². The first-order chi connectivity index (χ1) is 27.6. The van der Waals surface area contributed by atoms with E-state index in [1.54, 1.807) is 11.9 Å². The quantitative estimate of drug-likeness (QED) is 0.0281. The van der Waals surface area contributed by atoms with E-state index in [0.717, 1.165) is 107 Å². The number of amides is 2. The van der Waals surface area contributed by atoms with Gasteiger partial charge in [-0.3, -0.25) is 4.79 Å². The molecule has 0 spiro atoms. The summed E-state index contributed by atoms with van der Waals surface area (Å²) in [5.74, 6) is 0.557. The number of carbonyl (C=O) groups excluding carboxylic acids is 2. The zero-order valence-corrected chi connectivity index (χ0v) is 37.6. The third kappa shape index (κ3) is 17.1. The molecule has 11 nitrogen and oxygen atoms in total. The smallest absolute Gasteiger partial charge is 0.456 e. The Labute approximate surface area is 358 Å². The first-order valence-electron chi connectivity index (χ1n) is 20.1. The second kappa shape index (κ2) is 30.1. The SMILES string of the molecule is CCNc1cc2oc3cc(=[NH+]CC)c(C)cc-3c(-c3ccccc3C(=O)N(C)CCOC(=O)NCCCCCCOPOCCC#N)c2cc1C.[CH2-]CC.[CH2-]CC.[Ni+2]. The van der Waals surface area contributed by atoms with Gasteiger partial charge in [0.15, 0.2) is 9.03 Å². The molecular weight excluding hydrogens is 796 g/mol. The van der Waals surface area contributed by atoms with Crippen molar-refractivity contribution in [2.45, 2.75) is 86.5 Å². The Morgan fingerprint density at radius 2 is 1.60 bits per heavy atom. The number of ether oxygens (including phenoxy) is 1. The maximum atomic E-state index is 14.0. The number of benzene rings is 3. The van der Waals surface area contributed by atoms with E-state index in [-0.39, 0.29) is 44.6 Å². The molecule has 58 heavy (non-hydrogen) atoms. The van der Waals surface area contributed by atoms with Crippen molar-refractivity contribution in [3.8, 4) is 28.5 Å². The van der Waals surface area contributed by atoms with E-state index in [2.05, 4.69) is 69.3 Å². The average molecular weight is 862 g/mol. The summed E-state index contributed by atoms with van der Waals surface area (Å²) in [5.41, 5.74) is 7.11. The standard InChI is InChI=1S/C39H50N5O6P.2C3H7.Ni/c1-6-41-33-25-35-31(23-27(33)3)37(32-24-28(4)34(42-7-2)26-36(32)50-35)29-15-10-11-16-30(29)38(45)44(5)19-22-47-39(46)43-18-12-8-9-13-20-48-51-49-21-14-17-40;2*1-3-2;/h10-11,15-16,23-26,41,51H,6-9,12-14,18-22H2,1-5H3,(H,43,46);2*1,3H2,2H3;/q;2*-1;+2/p+1. The van der Waals surface area contributed by atoms with E-state index in [1.165, 1.54) is 0 Å². The van der Waals surface area contributed by atoms with Gasteiger partial charge in [0.2, 0.25) is 5.36 Å². The fourth-order valence-corrected chi connectivity index (χ4v) is 6.33. The minimum atomic E-state index is -0.499. The van der Waals surface area contributed by atoms with Crippen molar-refractivity contribution in [1.29, 1.82) is 5.26 Å². The van der Waals surface area contributed by atoms with Crippen molar-refractivity contribution in [1.82, 2.24) is 10.2 Å². The largest absolute Gasteiger partial charge is 2.00 e. The molecule has 0 fully saturated rings. The van der Waals surface area contributed by atoms with Crippen LogP contribution in [0, 0.1) is 39.0 Å². The van der Waals surface area contributed by atoms with Gasteiger partial charge in [-0.15, -0.1) is 0 Å². The number of likely N-dealkylation sites (N-methyl/N-ethyl adjacent to an activating group) is 1. The zero-order chi connectivity index (χ0) is 42.0. The normalized spacial score (nSPS) is 10.9. The topological polar surface area (TPSA) is 140 Å². The average Bonchev–Trinajstić information content (AvgIpc) is 3.19. The van der Waals surface area contributed by atoms with Gasteiger partial charge in [-0.05, 0) is 69.9 Å². The summed E-state index contributed by atoms with van der Waals surface area (Å²) in [7, 11) is 1.69. The molecule has 0 radical (unpaired) electrons. The number of nitriles is 1. The number of aryl methyl sites for hydroxylation is 2. The molecule has 0 saturated heterocycles. The van der Waals surface area contributed by atoms with Crippen LogP contribution in [0.1, 0.15) is 94.1 Å². The van der Waals surface area contributed by atoms with Gasteiger partial charge < -0.3 is 47.6 Å². The van der Waals surface area contributed by atoms with Crippen molar-refractivity contribution >= 4 is 37.7 Å².